The highest BCUT2D eigenvalue weighted by Crippen LogP contribution is 2.19. The summed E-state index contributed by atoms with van der Waals surface area (Å²) in [6.07, 6.45) is 78.2. The number of unbranched alkanes of at least 4 members (excludes halogenated alkanes) is 50. The van der Waals surface area contributed by atoms with E-state index in [9.17, 15) is 0 Å². The largest absolute Gasteiger partial charge is 0.258 e. The zero-order valence-corrected chi connectivity index (χ0v) is 43.4. The lowest BCUT2D eigenvalue weighted by molar-refractivity contribution is 0.515. The molecule has 0 amide bonds. The summed E-state index contributed by atoms with van der Waals surface area (Å²) >= 11 is 0. The van der Waals surface area contributed by atoms with Crippen LogP contribution in [0.1, 0.15) is 359 Å². The minimum atomic E-state index is 1.17. The molecule has 0 aliphatic heterocycles. The van der Waals surface area contributed by atoms with E-state index in [4.69, 9.17) is 4.98 Å². The second kappa shape index (κ2) is 52.8. The average molecular weight is 865 g/mol. The second-order valence-corrected chi connectivity index (χ2v) is 20.8. The number of nitrogens with zero attached hydrogens (tertiary/aromatic N) is 1. The van der Waals surface area contributed by atoms with Crippen LogP contribution in [0.15, 0.2) is 18.2 Å². The highest BCUT2D eigenvalue weighted by Gasteiger charge is 2.02. The second-order valence-electron chi connectivity index (χ2n) is 20.8. The van der Waals surface area contributed by atoms with Crippen molar-refractivity contribution in [1.29, 1.82) is 0 Å². The Morgan fingerprint density at radius 1 is 0.210 bits per heavy atom. The van der Waals surface area contributed by atoms with Crippen LogP contribution < -0.4 is 0 Å². The van der Waals surface area contributed by atoms with E-state index in [1.807, 2.05) is 0 Å². The Morgan fingerprint density at radius 3 is 0.516 bits per heavy atom. The molecule has 1 heterocycles. The van der Waals surface area contributed by atoms with Gasteiger partial charge in [0.1, 0.15) is 0 Å². The SMILES string of the molecule is CCCCCCCCCCCCCCCCCCCCCCCCCCCCc1cccc(CCCCCCCCCCCCCCCCCCCCCCCCCCCC)n1. The smallest absolute Gasteiger partial charge is 0.0406 e. The van der Waals surface area contributed by atoms with Crippen LogP contribution in [0.5, 0.6) is 0 Å². The minimum Gasteiger partial charge on any atom is -0.258 e. The fraction of sp³-hybridized carbons (Fsp3) is 0.918. The maximum absolute atomic E-state index is 5.04. The van der Waals surface area contributed by atoms with E-state index in [0.29, 0.717) is 0 Å². The third-order valence-electron chi connectivity index (χ3n) is 14.4. The Kier molecular flexibility index (Phi) is 50.4. The van der Waals surface area contributed by atoms with Crippen molar-refractivity contribution in [3.8, 4) is 0 Å². The quantitative estimate of drug-likeness (QED) is 0.0595. The van der Waals surface area contributed by atoms with Crippen LogP contribution in [0.2, 0.25) is 0 Å². The maximum Gasteiger partial charge on any atom is 0.0406 e. The lowest BCUT2D eigenvalue weighted by atomic mass is 10.0. The van der Waals surface area contributed by atoms with Crippen molar-refractivity contribution < 1.29 is 0 Å². The number of rotatable bonds is 54. The fourth-order valence-electron chi connectivity index (χ4n) is 10.1. The van der Waals surface area contributed by atoms with Crippen molar-refractivity contribution in [1.82, 2.24) is 4.98 Å². The van der Waals surface area contributed by atoms with Crippen LogP contribution in [0.3, 0.4) is 0 Å². The molecule has 0 spiro atoms. The van der Waals surface area contributed by atoms with Crippen molar-refractivity contribution in [2.24, 2.45) is 0 Å². The first-order valence-electron chi connectivity index (χ1n) is 29.8. The summed E-state index contributed by atoms with van der Waals surface area (Å²) in [5.41, 5.74) is 2.67. The lowest BCUT2D eigenvalue weighted by Gasteiger charge is -2.06. The van der Waals surface area contributed by atoms with Crippen LogP contribution >= 0.6 is 0 Å². The maximum atomic E-state index is 5.04. The summed E-state index contributed by atoms with van der Waals surface area (Å²) in [5.74, 6) is 0. The monoisotopic (exact) mass is 864 g/mol. The van der Waals surface area contributed by atoms with Crippen LogP contribution in [-0.4, -0.2) is 4.98 Å². The van der Waals surface area contributed by atoms with Gasteiger partial charge >= 0.3 is 0 Å². The van der Waals surface area contributed by atoms with E-state index in [-0.39, 0.29) is 0 Å². The fourth-order valence-corrected chi connectivity index (χ4v) is 10.1. The minimum absolute atomic E-state index is 1.17. The first-order chi connectivity index (χ1) is 30.9. The Balaban J connectivity index is 1.75. The molecule has 0 aromatic carbocycles. The Bertz CT molecular complexity index is 866. The Labute approximate surface area is 393 Å². The molecule has 0 saturated heterocycles. The van der Waals surface area contributed by atoms with Gasteiger partial charge in [0.15, 0.2) is 0 Å². The molecule has 0 atom stereocenters. The highest BCUT2D eigenvalue weighted by molar-refractivity contribution is 5.11. The van der Waals surface area contributed by atoms with Crippen molar-refractivity contribution in [2.45, 2.75) is 361 Å². The lowest BCUT2D eigenvalue weighted by Crippen LogP contribution is -1.96. The molecule has 0 N–H and O–H groups in total. The summed E-state index contributed by atoms with van der Waals surface area (Å²) in [4.78, 5) is 5.04. The first-order valence-corrected chi connectivity index (χ1v) is 29.8. The van der Waals surface area contributed by atoms with Gasteiger partial charge in [-0.05, 0) is 37.8 Å². The van der Waals surface area contributed by atoms with Crippen molar-refractivity contribution in [3.05, 3.63) is 29.6 Å². The summed E-state index contributed by atoms with van der Waals surface area (Å²) in [6.45, 7) is 4.62. The van der Waals surface area contributed by atoms with Gasteiger partial charge in [0, 0.05) is 11.4 Å². The molecule has 0 fully saturated rings. The molecular weight excluding hydrogens is 747 g/mol. The summed E-state index contributed by atoms with van der Waals surface area (Å²) in [6, 6.07) is 6.80. The van der Waals surface area contributed by atoms with Gasteiger partial charge in [0.05, 0.1) is 0 Å². The number of aryl methyl sites for hydroxylation is 2. The van der Waals surface area contributed by atoms with Gasteiger partial charge < -0.3 is 0 Å². The molecule has 0 saturated carbocycles. The van der Waals surface area contributed by atoms with Crippen LogP contribution in [0.25, 0.3) is 0 Å². The predicted molar refractivity (Wildman–Crippen MR) is 283 cm³/mol. The van der Waals surface area contributed by atoms with Crippen molar-refractivity contribution in [3.63, 3.8) is 0 Å². The molecule has 0 unspecified atom stereocenters. The van der Waals surface area contributed by atoms with Gasteiger partial charge in [-0.15, -0.1) is 0 Å². The van der Waals surface area contributed by atoms with Gasteiger partial charge in [-0.2, -0.15) is 0 Å². The molecule has 0 bridgehead atoms. The Hall–Kier alpha value is -0.850. The van der Waals surface area contributed by atoms with Gasteiger partial charge in [-0.3, -0.25) is 4.98 Å². The Morgan fingerprint density at radius 2 is 0.355 bits per heavy atom. The predicted octanol–water partition coefficient (Wildman–Crippen LogP) is 22.5. The molecule has 62 heavy (non-hydrogen) atoms. The first kappa shape index (κ1) is 59.2. The number of hydrogen-bond acceptors (Lipinski definition) is 1. The van der Waals surface area contributed by atoms with Gasteiger partial charge in [0.2, 0.25) is 0 Å². The zero-order valence-electron chi connectivity index (χ0n) is 43.4. The molecule has 1 rings (SSSR count). The standard InChI is InChI=1S/C61H117N/c1-3-5-7-9-11-13-15-17-19-21-23-25-27-29-31-33-35-37-39-41-43-45-47-49-51-53-56-60-58-55-59-61(62-60)57-54-52-50-48-46-44-42-40-38-36-34-32-30-28-26-24-22-20-18-16-14-12-10-8-6-4-2/h55,58-59H,3-54,56-57H2,1-2H3. The summed E-state index contributed by atoms with van der Waals surface area (Å²) in [5, 5.41) is 0. The van der Waals surface area contributed by atoms with E-state index in [2.05, 4.69) is 32.0 Å². The number of aromatic nitrogens is 1. The van der Waals surface area contributed by atoms with Crippen LogP contribution in [0.4, 0.5) is 0 Å². The van der Waals surface area contributed by atoms with Gasteiger partial charge in [-0.25, -0.2) is 0 Å². The van der Waals surface area contributed by atoms with Gasteiger partial charge in [-0.1, -0.05) is 341 Å². The van der Waals surface area contributed by atoms with Crippen molar-refractivity contribution >= 4 is 0 Å². The van der Waals surface area contributed by atoms with Crippen LogP contribution in [0, 0.1) is 0 Å². The molecule has 1 aromatic heterocycles. The normalized spacial score (nSPS) is 11.6. The summed E-state index contributed by atoms with van der Waals surface area (Å²) < 4.78 is 0. The molecule has 0 radical (unpaired) electrons. The van der Waals surface area contributed by atoms with Crippen molar-refractivity contribution in [2.75, 3.05) is 0 Å². The molecular formula is C61H117N. The van der Waals surface area contributed by atoms with E-state index >= 15 is 0 Å². The zero-order chi connectivity index (χ0) is 44.2. The topological polar surface area (TPSA) is 12.9 Å². The molecule has 1 nitrogen and oxygen atoms in total. The molecule has 1 heteroatoms. The van der Waals surface area contributed by atoms with Crippen LogP contribution in [-0.2, 0) is 12.8 Å². The number of hydrogen-bond donors (Lipinski definition) is 0. The third kappa shape index (κ3) is 47.1. The van der Waals surface area contributed by atoms with E-state index in [0.717, 1.165) is 0 Å². The number of pyridine rings is 1. The average Bonchev–Trinajstić information content (AvgIpc) is 3.29. The van der Waals surface area contributed by atoms with E-state index in [1.54, 1.807) is 0 Å². The van der Waals surface area contributed by atoms with E-state index in [1.165, 1.54) is 358 Å². The highest BCUT2D eigenvalue weighted by atomic mass is 14.7. The molecule has 1 aromatic rings. The molecule has 0 aliphatic carbocycles. The van der Waals surface area contributed by atoms with Gasteiger partial charge in [0.25, 0.3) is 0 Å². The summed E-state index contributed by atoms with van der Waals surface area (Å²) in [7, 11) is 0. The molecule has 366 valence electrons. The van der Waals surface area contributed by atoms with E-state index < -0.39 is 0 Å². The molecule has 0 aliphatic rings. The third-order valence-corrected chi connectivity index (χ3v) is 14.4.